The molecule has 0 aliphatic rings. The van der Waals surface area contributed by atoms with E-state index in [1.807, 2.05) is 54.6 Å². The molecule has 312 valence electrons. The summed E-state index contributed by atoms with van der Waals surface area (Å²) in [5.74, 6) is 1.66. The first-order valence-electron chi connectivity index (χ1n) is 22.4. The lowest BCUT2D eigenvalue weighted by molar-refractivity contribution is 0.668. The Morgan fingerprint density at radius 3 is 1.55 bits per heavy atom. The summed E-state index contributed by atoms with van der Waals surface area (Å²) in [7, 11) is 0. The van der Waals surface area contributed by atoms with Crippen LogP contribution in [0, 0.1) is 0 Å². The summed E-state index contributed by atoms with van der Waals surface area (Å²) in [6.07, 6.45) is 0. The quantitative estimate of drug-likeness (QED) is 0.166. The Labute approximate surface area is 383 Å². The molecule has 6 nitrogen and oxygen atoms in total. The Hall–Kier alpha value is -9.13. The lowest BCUT2D eigenvalue weighted by Gasteiger charge is -2.11. The Kier molecular flexibility index (Phi) is 8.18. The molecular weight excluding hydrogens is 823 g/mol. The van der Waals surface area contributed by atoms with Gasteiger partial charge in [-0.05, 0) is 92.7 Å². The van der Waals surface area contributed by atoms with E-state index in [1.54, 1.807) is 0 Å². The summed E-state index contributed by atoms with van der Waals surface area (Å²) >= 11 is 0. The van der Waals surface area contributed by atoms with Gasteiger partial charge in [0.15, 0.2) is 17.5 Å². The lowest BCUT2D eigenvalue weighted by atomic mass is 9.96. The minimum atomic E-state index is 0.533. The van der Waals surface area contributed by atoms with Crippen molar-refractivity contribution in [3.8, 4) is 67.5 Å². The molecule has 0 saturated heterocycles. The number of benzene rings is 10. The number of hydrogen-bond acceptors (Lipinski definition) is 6. The molecule has 4 heterocycles. The van der Waals surface area contributed by atoms with Crippen molar-refractivity contribution < 1.29 is 13.3 Å². The third-order valence-corrected chi connectivity index (χ3v) is 13.2. The molecule has 0 atom stereocenters. The number of nitrogens with zero attached hydrogens (tertiary/aromatic N) is 3. The molecule has 0 amide bonds. The molecule has 0 saturated carbocycles. The maximum atomic E-state index is 6.65. The second-order valence-electron chi connectivity index (χ2n) is 17.0. The molecule has 67 heavy (non-hydrogen) atoms. The monoisotopic (exact) mass is 857 g/mol. The summed E-state index contributed by atoms with van der Waals surface area (Å²) in [4.78, 5) is 15.6. The van der Waals surface area contributed by atoms with Crippen LogP contribution in [0.2, 0.25) is 0 Å². The lowest BCUT2D eigenvalue weighted by Crippen LogP contribution is -2.00. The SMILES string of the molecule is c1cc(-c2nc(-c3ccc(-c4cccc5ccccc45)cc3)nc(-c3cccc4c3oc3ccccc34)n2)cc(-c2cccc3oc4cc(-c5cccc6oc7ccccc7c56)ccc4c23)c1. The van der Waals surface area contributed by atoms with Gasteiger partial charge >= 0.3 is 0 Å². The Morgan fingerprint density at radius 1 is 0.254 bits per heavy atom. The first kappa shape index (κ1) is 37.3. The normalized spacial score (nSPS) is 11.9. The van der Waals surface area contributed by atoms with Crippen LogP contribution in [0.4, 0.5) is 0 Å². The van der Waals surface area contributed by atoms with E-state index in [0.29, 0.717) is 17.5 Å². The van der Waals surface area contributed by atoms with Crippen LogP contribution < -0.4 is 0 Å². The van der Waals surface area contributed by atoms with E-state index in [0.717, 1.165) is 110 Å². The van der Waals surface area contributed by atoms with Gasteiger partial charge in [0.25, 0.3) is 0 Å². The summed E-state index contributed by atoms with van der Waals surface area (Å²) in [6.45, 7) is 0. The van der Waals surface area contributed by atoms with E-state index in [4.69, 9.17) is 28.2 Å². The highest BCUT2D eigenvalue weighted by atomic mass is 16.3. The minimum Gasteiger partial charge on any atom is -0.456 e. The van der Waals surface area contributed by atoms with E-state index in [1.165, 1.54) is 16.3 Å². The molecule has 0 spiro atoms. The highest BCUT2D eigenvalue weighted by Crippen LogP contribution is 2.42. The first-order valence-corrected chi connectivity index (χ1v) is 22.4. The van der Waals surface area contributed by atoms with Gasteiger partial charge in [0.2, 0.25) is 0 Å². The van der Waals surface area contributed by atoms with Crippen LogP contribution in [-0.4, -0.2) is 15.0 Å². The first-order chi connectivity index (χ1) is 33.2. The van der Waals surface area contributed by atoms with Crippen LogP contribution in [-0.2, 0) is 0 Å². The molecular formula is C61H35N3O3. The third-order valence-electron chi connectivity index (χ3n) is 13.2. The number of fused-ring (bicyclic) bond motifs is 10. The van der Waals surface area contributed by atoms with Crippen LogP contribution in [0.5, 0.6) is 0 Å². The van der Waals surface area contributed by atoms with Gasteiger partial charge in [0.05, 0.1) is 5.56 Å². The minimum absolute atomic E-state index is 0.533. The molecule has 6 heteroatoms. The molecule has 0 aliphatic heterocycles. The van der Waals surface area contributed by atoms with Gasteiger partial charge < -0.3 is 13.3 Å². The summed E-state index contributed by atoms with van der Waals surface area (Å²) in [5.41, 5.74) is 14.0. The van der Waals surface area contributed by atoms with Gasteiger partial charge in [-0.2, -0.15) is 0 Å². The number of aromatic nitrogens is 3. The fourth-order valence-corrected chi connectivity index (χ4v) is 10.0. The Balaban J connectivity index is 0.901. The molecule has 0 radical (unpaired) electrons. The zero-order chi connectivity index (χ0) is 44.0. The van der Waals surface area contributed by atoms with Gasteiger partial charge in [-0.3, -0.25) is 0 Å². The molecule has 0 unspecified atom stereocenters. The Bertz CT molecular complexity index is 4290. The zero-order valence-corrected chi connectivity index (χ0v) is 35.8. The molecule has 0 aliphatic carbocycles. The third kappa shape index (κ3) is 6.00. The van der Waals surface area contributed by atoms with Crippen molar-refractivity contribution >= 4 is 76.6 Å². The highest BCUT2D eigenvalue weighted by molar-refractivity contribution is 6.16. The second-order valence-corrected chi connectivity index (χ2v) is 17.0. The van der Waals surface area contributed by atoms with Crippen LogP contribution in [0.25, 0.3) is 144 Å². The summed E-state index contributed by atoms with van der Waals surface area (Å²) in [5, 5.41) is 8.76. The largest absolute Gasteiger partial charge is 0.456 e. The van der Waals surface area contributed by atoms with Crippen molar-refractivity contribution in [3.63, 3.8) is 0 Å². The van der Waals surface area contributed by atoms with Crippen molar-refractivity contribution in [1.82, 2.24) is 15.0 Å². The molecule has 0 N–H and O–H groups in total. The van der Waals surface area contributed by atoms with Crippen LogP contribution >= 0.6 is 0 Å². The van der Waals surface area contributed by atoms with E-state index in [9.17, 15) is 0 Å². The van der Waals surface area contributed by atoms with Crippen molar-refractivity contribution in [3.05, 3.63) is 212 Å². The molecule has 0 bridgehead atoms. The van der Waals surface area contributed by atoms with E-state index in [-0.39, 0.29) is 0 Å². The van der Waals surface area contributed by atoms with Crippen molar-refractivity contribution in [2.45, 2.75) is 0 Å². The molecule has 10 aromatic carbocycles. The number of hydrogen-bond donors (Lipinski definition) is 0. The number of para-hydroxylation sites is 3. The van der Waals surface area contributed by atoms with Gasteiger partial charge in [-0.1, -0.05) is 164 Å². The fraction of sp³-hybridized carbons (Fsp3) is 0. The molecule has 0 fully saturated rings. The van der Waals surface area contributed by atoms with Crippen LogP contribution in [0.1, 0.15) is 0 Å². The van der Waals surface area contributed by atoms with Gasteiger partial charge in [-0.15, -0.1) is 0 Å². The highest BCUT2D eigenvalue weighted by Gasteiger charge is 2.20. The molecule has 14 rings (SSSR count). The number of rotatable bonds is 6. The average Bonchev–Trinajstić information content (AvgIpc) is 4.10. The van der Waals surface area contributed by atoms with Gasteiger partial charge in [0.1, 0.15) is 33.5 Å². The maximum Gasteiger partial charge on any atom is 0.167 e. The maximum absolute atomic E-state index is 6.65. The topological polar surface area (TPSA) is 78.1 Å². The van der Waals surface area contributed by atoms with Gasteiger partial charge in [-0.25, -0.2) is 15.0 Å². The van der Waals surface area contributed by atoms with E-state index >= 15 is 0 Å². The van der Waals surface area contributed by atoms with E-state index < -0.39 is 0 Å². The average molecular weight is 858 g/mol. The molecule has 14 aromatic rings. The predicted molar refractivity (Wildman–Crippen MR) is 272 cm³/mol. The van der Waals surface area contributed by atoms with Crippen LogP contribution in [0.15, 0.2) is 226 Å². The van der Waals surface area contributed by atoms with Crippen LogP contribution in [0.3, 0.4) is 0 Å². The van der Waals surface area contributed by atoms with Crippen molar-refractivity contribution in [1.29, 1.82) is 0 Å². The zero-order valence-electron chi connectivity index (χ0n) is 35.8. The second kappa shape index (κ2) is 14.7. The Morgan fingerprint density at radius 2 is 0.746 bits per heavy atom. The van der Waals surface area contributed by atoms with E-state index in [2.05, 4.69) is 158 Å². The fourth-order valence-electron chi connectivity index (χ4n) is 10.0. The van der Waals surface area contributed by atoms with Crippen molar-refractivity contribution in [2.75, 3.05) is 0 Å². The smallest absolute Gasteiger partial charge is 0.167 e. The molecule has 4 aromatic heterocycles. The summed E-state index contributed by atoms with van der Waals surface area (Å²) < 4.78 is 19.4. The van der Waals surface area contributed by atoms with Gasteiger partial charge in [0, 0.05) is 43.4 Å². The standard InChI is InChI=1S/C61H35N3O3/c1-2-16-42-36(12-1)13-8-19-43(42)37-28-30-38(31-29-37)59-62-60(64-61(63-59)50-23-9-22-47-46-17-3-5-24-51(46)67-58(47)50)41-15-7-14-39(34-41)44-20-10-27-54-57(44)49-33-32-40(35-55(49)66-54)45-21-11-26-53-56(45)48-18-4-6-25-52(48)65-53/h1-35H. The van der Waals surface area contributed by atoms with Crippen molar-refractivity contribution in [2.24, 2.45) is 0 Å². The predicted octanol–water partition coefficient (Wildman–Crippen LogP) is 16.7. The summed E-state index contributed by atoms with van der Waals surface area (Å²) in [6, 6.07) is 73.4. The number of furan rings is 3.